The van der Waals surface area contributed by atoms with Crippen LogP contribution in [0, 0.1) is 12.3 Å². The molecule has 1 saturated heterocycles. The minimum atomic E-state index is -0.995. The monoisotopic (exact) mass is 287 g/mol. The highest BCUT2D eigenvalue weighted by atomic mass is 16.4. The number of likely N-dealkylation sites (tertiary alicyclic amines) is 1. The largest absolute Gasteiger partial charge is 0.478 e. The number of carboxylic acid groups (broad SMARTS) is 1. The lowest BCUT2D eigenvalue weighted by molar-refractivity contribution is -0.131. The third-order valence-electron chi connectivity index (χ3n) is 3.73. The van der Waals surface area contributed by atoms with Gasteiger partial charge in [-0.25, -0.2) is 4.79 Å². The molecule has 0 unspecified atom stereocenters. The second-order valence-electron chi connectivity index (χ2n) is 6.44. The molecular weight excluding hydrogens is 266 g/mol. The molecule has 1 aromatic rings. The molecule has 1 aromatic carbocycles. The van der Waals surface area contributed by atoms with Crippen LogP contribution in [0.5, 0.6) is 0 Å². The highest BCUT2D eigenvalue weighted by Crippen LogP contribution is 2.30. The number of hydrogen-bond donors (Lipinski definition) is 1. The van der Waals surface area contributed by atoms with Gasteiger partial charge < -0.3 is 10.0 Å². The van der Waals surface area contributed by atoms with Crippen LogP contribution in [0.4, 0.5) is 0 Å². The standard InChI is InChI=1S/C17H21NO3/c1-12-8-13(4-5-15(19)20)10-14(9-12)16(21)18-7-6-17(2,3)11-18/h4-5,8-10H,6-7,11H2,1-3H3,(H,19,20)/b5-4+. The summed E-state index contributed by atoms with van der Waals surface area (Å²) in [5, 5.41) is 8.69. The first-order valence-electron chi connectivity index (χ1n) is 7.09. The molecule has 1 amide bonds. The number of carbonyl (C=O) groups excluding carboxylic acids is 1. The first kappa shape index (κ1) is 15.3. The molecule has 112 valence electrons. The van der Waals surface area contributed by atoms with Crippen molar-refractivity contribution in [2.75, 3.05) is 13.1 Å². The van der Waals surface area contributed by atoms with Gasteiger partial charge in [0.25, 0.3) is 5.91 Å². The molecule has 0 saturated carbocycles. The molecule has 0 spiro atoms. The Morgan fingerprint density at radius 1 is 1.29 bits per heavy atom. The summed E-state index contributed by atoms with van der Waals surface area (Å²) in [5.74, 6) is -0.972. The van der Waals surface area contributed by atoms with Crippen LogP contribution in [0.1, 0.15) is 41.8 Å². The molecule has 1 heterocycles. The first-order valence-corrected chi connectivity index (χ1v) is 7.09. The van der Waals surface area contributed by atoms with Crippen LogP contribution in [0.3, 0.4) is 0 Å². The molecule has 1 aliphatic heterocycles. The fourth-order valence-electron chi connectivity index (χ4n) is 2.67. The Kier molecular flexibility index (Phi) is 4.16. The van der Waals surface area contributed by atoms with Gasteiger partial charge in [0.15, 0.2) is 0 Å². The zero-order valence-corrected chi connectivity index (χ0v) is 12.7. The van der Waals surface area contributed by atoms with E-state index in [1.54, 1.807) is 6.07 Å². The van der Waals surface area contributed by atoms with Gasteiger partial charge in [0.05, 0.1) is 0 Å². The second kappa shape index (κ2) is 5.72. The van der Waals surface area contributed by atoms with Crippen molar-refractivity contribution in [1.82, 2.24) is 4.90 Å². The molecule has 0 radical (unpaired) electrons. The summed E-state index contributed by atoms with van der Waals surface area (Å²) in [6, 6.07) is 5.47. The third-order valence-corrected chi connectivity index (χ3v) is 3.73. The Morgan fingerprint density at radius 3 is 2.57 bits per heavy atom. The van der Waals surface area contributed by atoms with Crippen LogP contribution in [0.15, 0.2) is 24.3 Å². The Bertz CT molecular complexity index is 602. The number of rotatable bonds is 3. The van der Waals surface area contributed by atoms with E-state index in [4.69, 9.17) is 5.11 Å². The molecule has 0 aliphatic carbocycles. The van der Waals surface area contributed by atoms with E-state index in [0.29, 0.717) is 5.56 Å². The minimum absolute atomic E-state index is 0.0225. The summed E-state index contributed by atoms with van der Waals surface area (Å²) < 4.78 is 0. The number of carbonyl (C=O) groups is 2. The third kappa shape index (κ3) is 3.94. The molecule has 0 bridgehead atoms. The predicted molar refractivity (Wildman–Crippen MR) is 82.2 cm³/mol. The van der Waals surface area contributed by atoms with Crippen molar-refractivity contribution in [2.24, 2.45) is 5.41 Å². The Morgan fingerprint density at radius 2 is 2.00 bits per heavy atom. The Hall–Kier alpha value is -2.10. The summed E-state index contributed by atoms with van der Waals surface area (Å²) >= 11 is 0. The van der Waals surface area contributed by atoms with Gasteiger partial charge in [0.2, 0.25) is 0 Å². The number of hydrogen-bond acceptors (Lipinski definition) is 2. The first-order chi connectivity index (χ1) is 9.77. The zero-order chi connectivity index (χ0) is 15.6. The fraction of sp³-hybridized carbons (Fsp3) is 0.412. The molecule has 1 fully saturated rings. The predicted octanol–water partition coefficient (Wildman–Crippen LogP) is 2.96. The van der Waals surface area contributed by atoms with Crippen molar-refractivity contribution in [3.05, 3.63) is 41.0 Å². The zero-order valence-electron chi connectivity index (χ0n) is 12.7. The maximum absolute atomic E-state index is 12.6. The molecule has 1 aliphatic rings. The highest BCUT2D eigenvalue weighted by molar-refractivity contribution is 5.95. The van der Waals surface area contributed by atoms with Crippen LogP contribution >= 0.6 is 0 Å². The van der Waals surface area contributed by atoms with Crippen molar-refractivity contribution in [1.29, 1.82) is 0 Å². The number of benzene rings is 1. The van der Waals surface area contributed by atoms with Crippen LogP contribution in [0.2, 0.25) is 0 Å². The normalized spacial score (nSPS) is 17.4. The van der Waals surface area contributed by atoms with Gasteiger partial charge in [-0.1, -0.05) is 19.9 Å². The van der Waals surface area contributed by atoms with E-state index in [2.05, 4.69) is 13.8 Å². The highest BCUT2D eigenvalue weighted by Gasteiger charge is 2.32. The van der Waals surface area contributed by atoms with Gasteiger partial charge in [0.1, 0.15) is 0 Å². The summed E-state index contributed by atoms with van der Waals surface area (Å²) in [5.41, 5.74) is 2.48. The van der Waals surface area contributed by atoms with Crippen LogP contribution in [-0.2, 0) is 4.79 Å². The van der Waals surface area contributed by atoms with Gasteiger partial charge in [0, 0.05) is 24.7 Å². The van der Waals surface area contributed by atoms with Crippen molar-refractivity contribution in [3.63, 3.8) is 0 Å². The van der Waals surface area contributed by atoms with Gasteiger partial charge in [-0.3, -0.25) is 4.79 Å². The lowest BCUT2D eigenvalue weighted by Crippen LogP contribution is -2.30. The molecule has 4 nitrogen and oxygen atoms in total. The number of amides is 1. The second-order valence-corrected chi connectivity index (χ2v) is 6.44. The molecule has 1 N–H and O–H groups in total. The molecule has 0 aromatic heterocycles. The van der Waals surface area contributed by atoms with Crippen molar-refractivity contribution >= 4 is 18.0 Å². The van der Waals surface area contributed by atoms with Crippen molar-refractivity contribution in [2.45, 2.75) is 27.2 Å². The SMILES string of the molecule is Cc1cc(/C=C/C(=O)O)cc(C(=O)N2CCC(C)(C)C2)c1. The van der Waals surface area contributed by atoms with Gasteiger partial charge >= 0.3 is 5.97 Å². The van der Waals surface area contributed by atoms with E-state index in [-0.39, 0.29) is 11.3 Å². The molecule has 0 atom stereocenters. The maximum Gasteiger partial charge on any atom is 0.328 e. The quantitative estimate of drug-likeness (QED) is 0.870. The lowest BCUT2D eigenvalue weighted by atomic mass is 9.93. The van der Waals surface area contributed by atoms with E-state index in [9.17, 15) is 9.59 Å². The summed E-state index contributed by atoms with van der Waals surface area (Å²) in [6.07, 6.45) is 3.61. The molecular formula is C17H21NO3. The average molecular weight is 287 g/mol. The topological polar surface area (TPSA) is 57.6 Å². The van der Waals surface area contributed by atoms with Crippen LogP contribution in [0.25, 0.3) is 6.08 Å². The number of aliphatic carboxylic acids is 1. The Labute approximate surface area is 125 Å². The van der Waals surface area contributed by atoms with Crippen LogP contribution in [-0.4, -0.2) is 35.0 Å². The maximum atomic E-state index is 12.6. The number of nitrogens with zero attached hydrogens (tertiary/aromatic N) is 1. The lowest BCUT2D eigenvalue weighted by Gasteiger charge is -2.20. The van der Waals surface area contributed by atoms with E-state index in [0.717, 1.165) is 36.7 Å². The number of aryl methyl sites for hydroxylation is 1. The van der Waals surface area contributed by atoms with E-state index in [1.165, 1.54) is 6.08 Å². The summed E-state index contributed by atoms with van der Waals surface area (Å²) in [6.45, 7) is 7.78. The van der Waals surface area contributed by atoms with E-state index in [1.807, 2.05) is 24.0 Å². The summed E-state index contributed by atoms with van der Waals surface area (Å²) in [4.78, 5) is 25.0. The van der Waals surface area contributed by atoms with Gasteiger partial charge in [-0.05, 0) is 48.1 Å². The van der Waals surface area contributed by atoms with Crippen molar-refractivity contribution < 1.29 is 14.7 Å². The molecule has 21 heavy (non-hydrogen) atoms. The molecule has 4 heteroatoms. The smallest absolute Gasteiger partial charge is 0.328 e. The van der Waals surface area contributed by atoms with Gasteiger partial charge in [-0.2, -0.15) is 0 Å². The minimum Gasteiger partial charge on any atom is -0.478 e. The summed E-state index contributed by atoms with van der Waals surface area (Å²) in [7, 11) is 0. The van der Waals surface area contributed by atoms with Crippen LogP contribution < -0.4 is 0 Å². The van der Waals surface area contributed by atoms with E-state index < -0.39 is 5.97 Å². The fourth-order valence-corrected chi connectivity index (χ4v) is 2.67. The van der Waals surface area contributed by atoms with E-state index >= 15 is 0 Å². The number of carboxylic acids is 1. The Balaban J connectivity index is 2.23. The average Bonchev–Trinajstić information content (AvgIpc) is 2.75. The van der Waals surface area contributed by atoms with Gasteiger partial charge in [-0.15, -0.1) is 0 Å². The van der Waals surface area contributed by atoms with Crippen molar-refractivity contribution in [3.8, 4) is 0 Å². The molecule has 2 rings (SSSR count).